The molecule has 0 aromatic carbocycles. The maximum absolute atomic E-state index is 12.4. The van der Waals surface area contributed by atoms with Gasteiger partial charge in [0.2, 0.25) is 0 Å². The number of carbonyl (C=O) groups is 1. The third-order valence-corrected chi connectivity index (χ3v) is 5.18. The smallest absolute Gasteiger partial charge is 0.263 e. The van der Waals surface area contributed by atoms with Crippen LogP contribution in [0.2, 0.25) is 0 Å². The van der Waals surface area contributed by atoms with Gasteiger partial charge in [-0.25, -0.2) is 4.98 Å². The zero-order valence-electron chi connectivity index (χ0n) is 13.1. The summed E-state index contributed by atoms with van der Waals surface area (Å²) in [6.07, 6.45) is 5.30. The number of hydrogen-bond donors (Lipinski definition) is 1. The largest absolute Gasteiger partial charge is 0.338 e. The van der Waals surface area contributed by atoms with Crippen LogP contribution in [-0.2, 0) is 0 Å². The molecule has 0 saturated carbocycles. The van der Waals surface area contributed by atoms with Crippen molar-refractivity contribution in [1.29, 1.82) is 0 Å². The third kappa shape index (κ3) is 2.94. The van der Waals surface area contributed by atoms with Crippen molar-refractivity contribution in [2.24, 2.45) is 0 Å². The van der Waals surface area contributed by atoms with E-state index < -0.39 is 0 Å². The molecule has 6 nitrogen and oxygen atoms in total. The van der Waals surface area contributed by atoms with Crippen molar-refractivity contribution in [2.75, 3.05) is 13.1 Å². The maximum atomic E-state index is 12.4. The third-order valence-electron chi connectivity index (χ3n) is 4.32. The second kappa shape index (κ2) is 6.52. The molecule has 0 atom stereocenters. The average Bonchev–Trinajstić information content (AvgIpc) is 3.34. The summed E-state index contributed by atoms with van der Waals surface area (Å²) in [6, 6.07) is 7.62. The number of nitrogens with zero attached hydrogens (tertiary/aromatic N) is 4. The number of piperidine rings is 1. The first-order valence-corrected chi connectivity index (χ1v) is 8.85. The van der Waals surface area contributed by atoms with Gasteiger partial charge in [-0.2, -0.15) is 5.10 Å². The van der Waals surface area contributed by atoms with Crippen LogP contribution in [0.15, 0.2) is 42.0 Å². The van der Waals surface area contributed by atoms with E-state index in [0.717, 1.165) is 42.2 Å². The van der Waals surface area contributed by atoms with Gasteiger partial charge in [0.25, 0.3) is 5.91 Å². The van der Waals surface area contributed by atoms with Gasteiger partial charge in [0, 0.05) is 37.0 Å². The first kappa shape index (κ1) is 15.0. The molecule has 1 amide bonds. The molecular weight excluding hydrogens is 322 g/mol. The highest BCUT2D eigenvalue weighted by Gasteiger charge is 2.27. The first-order chi connectivity index (χ1) is 11.8. The summed E-state index contributed by atoms with van der Waals surface area (Å²) in [5.41, 5.74) is 0.908. The molecule has 0 aliphatic carbocycles. The van der Waals surface area contributed by atoms with E-state index in [1.54, 1.807) is 12.4 Å². The Labute approximate surface area is 143 Å². The van der Waals surface area contributed by atoms with Crippen molar-refractivity contribution < 1.29 is 4.79 Å². The van der Waals surface area contributed by atoms with Crippen LogP contribution in [0.4, 0.5) is 0 Å². The Morgan fingerprint density at radius 2 is 2.12 bits per heavy atom. The highest BCUT2D eigenvalue weighted by molar-refractivity contribution is 7.12. The Morgan fingerprint density at radius 1 is 1.25 bits per heavy atom. The van der Waals surface area contributed by atoms with Crippen LogP contribution < -0.4 is 0 Å². The van der Waals surface area contributed by atoms with Gasteiger partial charge in [-0.3, -0.25) is 14.9 Å². The number of nitrogens with one attached hydrogen (secondary N) is 1. The molecule has 0 spiro atoms. The molecule has 1 aliphatic rings. The van der Waals surface area contributed by atoms with Gasteiger partial charge in [-0.15, -0.1) is 11.3 Å². The number of aromatic nitrogens is 4. The number of likely N-dealkylation sites (tertiary alicyclic amines) is 1. The molecular formula is C17H17N5OS. The van der Waals surface area contributed by atoms with Crippen molar-refractivity contribution in [1.82, 2.24) is 25.1 Å². The van der Waals surface area contributed by atoms with Gasteiger partial charge >= 0.3 is 0 Å². The van der Waals surface area contributed by atoms with Crippen molar-refractivity contribution in [3.8, 4) is 11.4 Å². The quantitative estimate of drug-likeness (QED) is 0.796. The van der Waals surface area contributed by atoms with E-state index in [2.05, 4.69) is 20.2 Å². The van der Waals surface area contributed by atoms with E-state index in [9.17, 15) is 4.79 Å². The van der Waals surface area contributed by atoms with Crippen LogP contribution in [0, 0.1) is 0 Å². The fraction of sp³-hybridized carbons (Fsp3) is 0.294. The Balaban J connectivity index is 1.41. The zero-order valence-corrected chi connectivity index (χ0v) is 13.9. The lowest BCUT2D eigenvalue weighted by Crippen LogP contribution is -2.37. The molecule has 1 saturated heterocycles. The van der Waals surface area contributed by atoms with Gasteiger partial charge in [0.05, 0.1) is 4.88 Å². The minimum atomic E-state index is 0.136. The van der Waals surface area contributed by atoms with E-state index in [1.165, 1.54) is 11.3 Å². The number of rotatable bonds is 3. The Morgan fingerprint density at radius 3 is 2.83 bits per heavy atom. The predicted octanol–water partition coefficient (Wildman–Crippen LogP) is 2.95. The summed E-state index contributed by atoms with van der Waals surface area (Å²) >= 11 is 1.50. The van der Waals surface area contributed by atoms with E-state index in [0.29, 0.717) is 11.7 Å². The minimum absolute atomic E-state index is 0.136. The monoisotopic (exact) mass is 339 g/mol. The van der Waals surface area contributed by atoms with Crippen LogP contribution >= 0.6 is 11.3 Å². The first-order valence-electron chi connectivity index (χ1n) is 7.97. The molecule has 3 aromatic rings. The molecule has 7 heteroatoms. The normalized spacial score (nSPS) is 15.6. The number of aromatic amines is 1. The van der Waals surface area contributed by atoms with Crippen molar-refractivity contribution in [2.45, 2.75) is 18.8 Å². The average molecular weight is 339 g/mol. The highest BCUT2D eigenvalue weighted by Crippen LogP contribution is 2.28. The van der Waals surface area contributed by atoms with Gasteiger partial charge in [-0.1, -0.05) is 6.07 Å². The van der Waals surface area contributed by atoms with Crippen molar-refractivity contribution in [3.63, 3.8) is 0 Å². The summed E-state index contributed by atoms with van der Waals surface area (Å²) in [6.45, 7) is 1.51. The molecule has 0 bridgehead atoms. The minimum Gasteiger partial charge on any atom is -0.338 e. The lowest BCUT2D eigenvalue weighted by atomic mass is 9.96. The SMILES string of the molecule is O=C(c1cccs1)N1CCC(c2nc(-c3cccnc3)n[nH]2)CC1. The van der Waals surface area contributed by atoms with Gasteiger partial charge < -0.3 is 4.90 Å². The van der Waals surface area contributed by atoms with Gasteiger partial charge in [-0.05, 0) is 36.4 Å². The van der Waals surface area contributed by atoms with E-state index in [1.807, 2.05) is 34.5 Å². The van der Waals surface area contributed by atoms with Gasteiger partial charge in [0.1, 0.15) is 5.82 Å². The molecule has 4 rings (SSSR count). The highest BCUT2D eigenvalue weighted by atomic mass is 32.1. The maximum Gasteiger partial charge on any atom is 0.263 e. The number of pyridine rings is 1. The molecule has 0 unspecified atom stereocenters. The fourth-order valence-corrected chi connectivity index (χ4v) is 3.68. The van der Waals surface area contributed by atoms with Crippen LogP contribution in [0.1, 0.15) is 34.3 Å². The Kier molecular flexibility index (Phi) is 4.08. The van der Waals surface area contributed by atoms with E-state index in [4.69, 9.17) is 0 Å². The second-order valence-corrected chi connectivity index (χ2v) is 6.78. The molecule has 1 N–H and O–H groups in total. The Bertz CT molecular complexity index is 807. The van der Waals surface area contributed by atoms with Crippen LogP contribution in [-0.4, -0.2) is 44.1 Å². The van der Waals surface area contributed by atoms with Gasteiger partial charge in [0.15, 0.2) is 5.82 Å². The summed E-state index contributed by atoms with van der Waals surface area (Å²) in [7, 11) is 0. The number of H-pyrrole nitrogens is 1. The lowest BCUT2D eigenvalue weighted by Gasteiger charge is -2.30. The molecule has 122 valence electrons. The van der Waals surface area contributed by atoms with E-state index >= 15 is 0 Å². The standard InChI is InChI=1S/C17H17N5OS/c23-17(14-4-2-10-24-14)22-8-5-12(6-9-22)15-19-16(21-20-15)13-3-1-7-18-11-13/h1-4,7,10-12H,5-6,8-9H2,(H,19,20,21). The topological polar surface area (TPSA) is 74.8 Å². The predicted molar refractivity (Wildman–Crippen MR) is 91.8 cm³/mol. The number of thiophene rings is 1. The zero-order chi connectivity index (χ0) is 16.4. The molecule has 3 aromatic heterocycles. The number of carbonyl (C=O) groups excluding carboxylic acids is 1. The summed E-state index contributed by atoms with van der Waals surface area (Å²) in [5.74, 6) is 2.03. The molecule has 4 heterocycles. The van der Waals surface area contributed by atoms with Crippen molar-refractivity contribution in [3.05, 3.63) is 52.7 Å². The van der Waals surface area contributed by atoms with Crippen LogP contribution in [0.5, 0.6) is 0 Å². The van der Waals surface area contributed by atoms with Crippen LogP contribution in [0.25, 0.3) is 11.4 Å². The second-order valence-electron chi connectivity index (χ2n) is 5.83. The van der Waals surface area contributed by atoms with E-state index in [-0.39, 0.29) is 5.91 Å². The molecule has 1 aliphatic heterocycles. The number of amides is 1. The fourth-order valence-electron chi connectivity index (χ4n) is 2.99. The molecule has 1 fully saturated rings. The summed E-state index contributed by atoms with van der Waals surface area (Å²) in [5, 5.41) is 9.30. The Hall–Kier alpha value is -2.54. The summed E-state index contributed by atoms with van der Waals surface area (Å²) < 4.78 is 0. The van der Waals surface area contributed by atoms with Crippen molar-refractivity contribution >= 4 is 17.2 Å². The molecule has 0 radical (unpaired) electrons. The van der Waals surface area contributed by atoms with Crippen LogP contribution in [0.3, 0.4) is 0 Å². The lowest BCUT2D eigenvalue weighted by molar-refractivity contribution is 0.0716. The number of hydrogen-bond acceptors (Lipinski definition) is 5. The summed E-state index contributed by atoms with van der Waals surface area (Å²) in [4.78, 5) is 23.8. The molecule has 24 heavy (non-hydrogen) atoms.